The predicted octanol–water partition coefficient (Wildman–Crippen LogP) is 14.0. The number of carbonyl (C=O) groups excluding carboxylic acids is 3. The summed E-state index contributed by atoms with van der Waals surface area (Å²) in [5.74, 6) is -4.19. The van der Waals surface area contributed by atoms with Crippen molar-refractivity contribution in [1.29, 1.82) is 0 Å². The predicted molar refractivity (Wildman–Crippen MR) is 382 cm³/mol. The molecule has 101 heavy (non-hydrogen) atoms. The summed E-state index contributed by atoms with van der Waals surface area (Å²) in [4.78, 5) is 38.7. The number of esters is 1. The third-order valence-electron chi connectivity index (χ3n) is 22.8. The number of benzene rings is 5. The molecule has 4 heterocycles. The number of furan rings is 1. The number of fused-ring (bicyclic) bond motifs is 8. The van der Waals surface area contributed by atoms with Gasteiger partial charge in [0.1, 0.15) is 24.3 Å². The van der Waals surface area contributed by atoms with E-state index < -0.39 is 86.7 Å². The van der Waals surface area contributed by atoms with Crippen molar-refractivity contribution in [3.8, 4) is 5.75 Å². The minimum atomic E-state index is -2.35. The van der Waals surface area contributed by atoms with Crippen molar-refractivity contribution in [1.82, 2.24) is 5.32 Å². The van der Waals surface area contributed by atoms with E-state index in [1.54, 1.807) is 44.2 Å². The van der Waals surface area contributed by atoms with Gasteiger partial charge in [0.15, 0.2) is 17.1 Å². The second-order valence-corrected chi connectivity index (χ2v) is 30.1. The summed E-state index contributed by atoms with van der Waals surface area (Å²) in [6, 6.07) is 42.8. The molecule has 7 aliphatic rings. The number of unbranched alkanes of at least 4 members (excludes halogenated alkanes) is 3. The van der Waals surface area contributed by atoms with Gasteiger partial charge < -0.3 is 58.7 Å². The average Bonchev–Trinajstić information content (AvgIpc) is 1.61. The van der Waals surface area contributed by atoms with Crippen molar-refractivity contribution < 1.29 is 80.9 Å². The molecule has 5 N–H and O–H groups in total. The van der Waals surface area contributed by atoms with E-state index in [0.29, 0.717) is 72.5 Å². The molecule has 3 aliphatic heterocycles. The molecular formula is C80H95Cl2F3N2O13S. The fourth-order valence-electron chi connectivity index (χ4n) is 17.2. The quantitative estimate of drug-likeness (QED) is 0.0175. The molecule has 15 nitrogen and oxygen atoms in total. The molecule has 10 atom stereocenters. The number of ketones is 1. The third-order valence-corrected chi connectivity index (χ3v) is 24.2. The lowest BCUT2D eigenvalue weighted by molar-refractivity contribution is -0.946. The first-order valence-electron chi connectivity index (χ1n) is 35.2. The summed E-state index contributed by atoms with van der Waals surface area (Å²) in [5.41, 5.74) is -3.21. The van der Waals surface area contributed by atoms with Crippen LogP contribution in [0.4, 0.5) is 13.2 Å². The maximum absolute atomic E-state index is 17.4. The van der Waals surface area contributed by atoms with E-state index in [-0.39, 0.29) is 48.4 Å². The first kappa shape index (κ1) is 77.4. The number of nitrogens with one attached hydrogen (secondary N) is 1. The molecule has 0 spiro atoms. The Morgan fingerprint density at radius 3 is 2.07 bits per heavy atom. The lowest BCUT2D eigenvalue weighted by Gasteiger charge is -2.63. The largest absolute Gasteiger partial charge is 0.872 e. The summed E-state index contributed by atoms with van der Waals surface area (Å²) in [6.07, 6.45) is 7.75. The second-order valence-electron chi connectivity index (χ2n) is 28.4. The number of hydrogen-bond acceptors (Lipinski definition) is 15. The van der Waals surface area contributed by atoms with Crippen LogP contribution in [-0.4, -0.2) is 137 Å². The highest BCUT2D eigenvalue weighted by Crippen LogP contribution is 2.72. The molecule has 2 bridgehead atoms. The Hall–Kier alpha value is -6.17. The molecule has 21 heteroatoms. The number of nitrogens with zero attached hydrogens (tertiary/aromatic N) is 1. The number of allylic oxidation sites excluding steroid dienone is 4. The van der Waals surface area contributed by atoms with Gasteiger partial charge in [0.25, 0.3) is 0 Å². The molecule has 3 saturated carbocycles. The standard InChI is InChI=1S/C29H34NO2.C27H29F3O6S.C24H33Cl2NO5/c31-29(26-12-6-2-7-13-26,27-14-8-3-9-15-27)28-16-19-30(20-17-28,21-18-28)22-23-32-24-25-10-4-1-5-11-25;1-14-9-16-17-11-19(29)18-10-15(31)6-7-24(18,2)26(17,30)21(32)12-25(16,3)27(14,23(34)37-13-28)36-22(33)20-5-4-8-35-20;25-21-6-5-7-22(26)20(21)17-32-13-12-31-11-4-2-1-3-10-27-15-24(30)18-8-9-23(29)19(14-18)16-28/h1-15,31H,16-24H2;4-8,10,14,16-17,19,21,32H,9,11-13H2,1-3H3;5-9,14,24,27-30H,1-4,10-13,15-17H2/q+1;;/p-1/t;14-,16+,17+,19+,21+,24+,25+,26+,27+;24-/m.10/s1. The highest BCUT2D eigenvalue weighted by Gasteiger charge is 2.78. The van der Waals surface area contributed by atoms with Gasteiger partial charge in [-0.05, 0) is 133 Å². The minimum Gasteiger partial charge on any atom is -0.872 e. The number of aliphatic hydroxyl groups is 4. The van der Waals surface area contributed by atoms with E-state index in [0.717, 1.165) is 112 Å². The van der Waals surface area contributed by atoms with Crippen LogP contribution in [0.1, 0.15) is 135 Å². The summed E-state index contributed by atoms with van der Waals surface area (Å²) < 4.78 is 75.8. The molecule has 0 amide bonds. The van der Waals surface area contributed by atoms with Gasteiger partial charge in [-0.25, -0.2) is 18.0 Å². The highest BCUT2D eigenvalue weighted by molar-refractivity contribution is 8.13. The minimum absolute atomic E-state index is 0.00739. The fourth-order valence-corrected chi connectivity index (χ4v) is 18.5. The van der Waals surface area contributed by atoms with Crippen molar-refractivity contribution in [3.63, 3.8) is 0 Å². The van der Waals surface area contributed by atoms with Crippen LogP contribution in [0.25, 0.3) is 0 Å². The van der Waals surface area contributed by atoms with Crippen LogP contribution >= 0.6 is 35.0 Å². The molecule has 6 fully saturated rings. The number of hydrogen-bond donors (Lipinski definition) is 5. The van der Waals surface area contributed by atoms with E-state index in [1.165, 1.54) is 49.1 Å². The van der Waals surface area contributed by atoms with Crippen LogP contribution in [0.15, 0.2) is 174 Å². The van der Waals surface area contributed by atoms with Gasteiger partial charge in [-0.2, -0.15) is 0 Å². The molecule has 6 aromatic rings. The summed E-state index contributed by atoms with van der Waals surface area (Å²) in [5, 5.41) is 58.5. The normalized spacial score (nSPS) is 28.1. The van der Waals surface area contributed by atoms with Gasteiger partial charge in [-0.3, -0.25) is 9.59 Å². The third kappa shape index (κ3) is 16.2. The number of carbonyl (C=O) groups is 3. The number of halogens is 5. The van der Waals surface area contributed by atoms with Crippen LogP contribution < -0.4 is 10.4 Å². The molecule has 5 aromatic carbocycles. The number of quaternary nitrogens is 1. The van der Waals surface area contributed by atoms with Gasteiger partial charge in [-0.1, -0.05) is 171 Å². The van der Waals surface area contributed by atoms with Gasteiger partial charge >= 0.3 is 5.97 Å². The van der Waals surface area contributed by atoms with E-state index in [9.17, 15) is 39.2 Å². The van der Waals surface area contributed by atoms with Crippen molar-refractivity contribution in [2.75, 3.05) is 71.7 Å². The van der Waals surface area contributed by atoms with Gasteiger partial charge in [0, 0.05) is 76.1 Å². The maximum Gasteiger partial charge on any atom is 0.375 e. The van der Waals surface area contributed by atoms with Crippen LogP contribution in [0, 0.1) is 34.0 Å². The van der Waals surface area contributed by atoms with Crippen molar-refractivity contribution in [2.24, 2.45) is 34.0 Å². The zero-order valence-corrected chi connectivity index (χ0v) is 60.1. The molecule has 0 radical (unpaired) electrons. The van der Waals surface area contributed by atoms with Crippen LogP contribution in [0.5, 0.6) is 5.75 Å². The van der Waals surface area contributed by atoms with E-state index >= 15 is 8.78 Å². The molecular weight excluding hydrogens is 1360 g/mol. The lowest BCUT2D eigenvalue weighted by Crippen LogP contribution is -2.70. The SMILES string of the molecule is C[C@@H]1C[C@H]2[C@@H]3C[C@H](F)C4=CC(=O)C=C[C@]4(C)[C@@]3(F)[C@@H](O)C[C@]2(C)[C@@]1(OC(=O)c1ccco1)C(=O)SCF.OC(c1ccccc1)(c1ccccc1)C12CC[N+](CCOCc3ccccc3)(CC1)CC2.[O-]c1ccc([C@@H](O)CNCCCCCCOCCOCc2c(Cl)cccc2Cl)cc1CO. The monoisotopic (exact) mass is 1450 g/mol. The van der Waals surface area contributed by atoms with Crippen LogP contribution in [0.3, 0.4) is 0 Å². The first-order valence-corrected chi connectivity index (χ1v) is 36.9. The Balaban J connectivity index is 0.000000164. The van der Waals surface area contributed by atoms with Crippen molar-refractivity contribution >= 4 is 51.8 Å². The summed E-state index contributed by atoms with van der Waals surface area (Å²) >= 11 is 12.6. The molecule has 13 rings (SSSR count). The Morgan fingerprint density at radius 2 is 1.44 bits per heavy atom. The zero-order chi connectivity index (χ0) is 72.1. The Kier molecular flexibility index (Phi) is 26.2. The Labute approximate surface area is 605 Å². The average molecular weight is 1450 g/mol. The molecule has 1 aromatic heterocycles. The van der Waals surface area contributed by atoms with Crippen LogP contribution in [0.2, 0.25) is 10.0 Å². The lowest BCUT2D eigenvalue weighted by atomic mass is 9.44. The zero-order valence-electron chi connectivity index (χ0n) is 57.7. The molecule has 4 aliphatic carbocycles. The maximum atomic E-state index is 17.4. The number of aliphatic hydroxyl groups excluding tert-OH is 3. The van der Waals surface area contributed by atoms with Crippen molar-refractivity contribution in [3.05, 3.63) is 219 Å². The van der Waals surface area contributed by atoms with Crippen molar-refractivity contribution in [2.45, 2.75) is 140 Å². The summed E-state index contributed by atoms with van der Waals surface area (Å²) in [6.45, 7) is 13.7. The Bertz CT molecular complexity index is 3700. The van der Waals surface area contributed by atoms with E-state index in [4.69, 9.17) is 51.7 Å². The summed E-state index contributed by atoms with van der Waals surface area (Å²) in [7, 11) is 0. The second kappa shape index (κ2) is 34.2. The van der Waals surface area contributed by atoms with Crippen LogP contribution in [-0.2, 0) is 54.0 Å². The number of thioether (sulfide) groups is 1. The fraction of sp³-hybridized carbons (Fsp3) is 0.487. The van der Waals surface area contributed by atoms with E-state index in [2.05, 4.69) is 78.1 Å². The number of rotatable bonds is 28. The number of alkyl halides is 3. The van der Waals surface area contributed by atoms with E-state index in [1.807, 2.05) is 18.2 Å². The van der Waals surface area contributed by atoms with Gasteiger partial charge in [0.05, 0.1) is 77.7 Å². The van der Waals surface area contributed by atoms with Gasteiger partial charge in [-0.15, -0.1) is 5.75 Å². The molecule has 0 unspecified atom stereocenters. The highest BCUT2D eigenvalue weighted by atomic mass is 35.5. The van der Waals surface area contributed by atoms with Gasteiger partial charge in [0.2, 0.25) is 10.9 Å². The Morgan fingerprint density at radius 1 is 0.802 bits per heavy atom. The topological polar surface area (TPSA) is 217 Å². The first-order chi connectivity index (χ1) is 48.5. The molecule has 544 valence electrons. The number of piperidine rings is 3. The number of ether oxygens (including phenoxy) is 4. The molecule has 3 saturated heterocycles. The smallest absolute Gasteiger partial charge is 0.375 e.